The van der Waals surface area contributed by atoms with E-state index in [4.69, 9.17) is 17.3 Å². The molecule has 1 amide bonds. The van der Waals surface area contributed by atoms with E-state index in [2.05, 4.69) is 5.32 Å². The summed E-state index contributed by atoms with van der Waals surface area (Å²) in [5, 5.41) is 3.70. The Bertz CT molecular complexity index is 442. The van der Waals surface area contributed by atoms with Crippen molar-refractivity contribution >= 4 is 17.5 Å². The number of hydrogen-bond donors (Lipinski definition) is 2. The maximum Gasteiger partial charge on any atom is 0.227 e. The minimum absolute atomic E-state index is 0.0923. The van der Waals surface area contributed by atoms with Gasteiger partial charge in [0, 0.05) is 18.1 Å². The van der Waals surface area contributed by atoms with Gasteiger partial charge in [-0.2, -0.15) is 0 Å². The number of halogens is 1. The Hall–Kier alpha value is -1.06. The summed E-state index contributed by atoms with van der Waals surface area (Å²) in [6, 6.07) is 7.55. The van der Waals surface area contributed by atoms with Crippen molar-refractivity contribution in [2.45, 2.75) is 38.6 Å². The predicted molar refractivity (Wildman–Crippen MR) is 77.9 cm³/mol. The molecule has 0 unspecified atom stereocenters. The van der Waals surface area contributed by atoms with Gasteiger partial charge in [-0.15, -0.1) is 0 Å². The summed E-state index contributed by atoms with van der Waals surface area (Å²) in [5.41, 5.74) is 6.52. The SMILES string of the molecule is NCC1(C(=O)NCc2cccc(Cl)c2)CCCCC1. The van der Waals surface area contributed by atoms with E-state index in [1.165, 1.54) is 6.42 Å². The predicted octanol–water partition coefficient (Wildman–Crippen LogP) is 2.87. The van der Waals surface area contributed by atoms with Crippen LogP contribution in [0.5, 0.6) is 0 Å². The van der Waals surface area contributed by atoms with Crippen LogP contribution in [0.2, 0.25) is 5.02 Å². The van der Waals surface area contributed by atoms with Crippen LogP contribution in [0.1, 0.15) is 37.7 Å². The number of nitrogens with one attached hydrogen (secondary N) is 1. The molecule has 19 heavy (non-hydrogen) atoms. The number of rotatable bonds is 4. The lowest BCUT2D eigenvalue weighted by molar-refractivity contribution is -0.132. The number of carbonyl (C=O) groups excluding carboxylic acids is 1. The molecule has 1 aromatic rings. The third-order valence-electron chi connectivity index (χ3n) is 4.03. The molecule has 2 rings (SSSR count). The maximum absolute atomic E-state index is 12.4. The van der Waals surface area contributed by atoms with E-state index in [1.807, 2.05) is 24.3 Å². The lowest BCUT2D eigenvalue weighted by Crippen LogP contribution is -2.46. The fraction of sp³-hybridized carbons (Fsp3) is 0.533. The molecule has 0 atom stereocenters. The number of amides is 1. The number of carbonyl (C=O) groups is 1. The van der Waals surface area contributed by atoms with Crippen molar-refractivity contribution < 1.29 is 4.79 Å². The molecule has 0 aliphatic heterocycles. The van der Waals surface area contributed by atoms with E-state index < -0.39 is 0 Å². The van der Waals surface area contributed by atoms with Gasteiger partial charge >= 0.3 is 0 Å². The van der Waals surface area contributed by atoms with E-state index in [1.54, 1.807) is 0 Å². The molecule has 1 fully saturated rings. The van der Waals surface area contributed by atoms with E-state index in [-0.39, 0.29) is 11.3 Å². The average molecular weight is 281 g/mol. The highest BCUT2D eigenvalue weighted by Gasteiger charge is 2.37. The Morgan fingerprint density at radius 3 is 2.68 bits per heavy atom. The van der Waals surface area contributed by atoms with Crippen LogP contribution in [-0.2, 0) is 11.3 Å². The first-order chi connectivity index (χ1) is 9.16. The van der Waals surface area contributed by atoms with Gasteiger partial charge in [0.05, 0.1) is 5.41 Å². The van der Waals surface area contributed by atoms with Crippen LogP contribution < -0.4 is 11.1 Å². The second-order valence-corrected chi connectivity index (χ2v) is 5.79. The van der Waals surface area contributed by atoms with Gasteiger partial charge in [-0.05, 0) is 30.5 Å². The molecule has 0 radical (unpaired) electrons. The molecule has 104 valence electrons. The molecule has 1 aliphatic carbocycles. The summed E-state index contributed by atoms with van der Waals surface area (Å²) >= 11 is 5.93. The second-order valence-electron chi connectivity index (χ2n) is 5.36. The standard InChI is InChI=1S/C15H21ClN2O/c16-13-6-4-5-12(9-13)10-18-14(19)15(11-17)7-2-1-3-8-15/h4-6,9H,1-3,7-8,10-11,17H2,(H,18,19). The van der Waals surface area contributed by atoms with Crippen LogP contribution in [-0.4, -0.2) is 12.5 Å². The largest absolute Gasteiger partial charge is 0.352 e. The van der Waals surface area contributed by atoms with E-state index in [0.29, 0.717) is 18.1 Å². The van der Waals surface area contributed by atoms with Crippen LogP contribution >= 0.6 is 11.6 Å². The van der Waals surface area contributed by atoms with Crippen LogP contribution in [0.3, 0.4) is 0 Å². The van der Waals surface area contributed by atoms with E-state index in [0.717, 1.165) is 31.2 Å². The van der Waals surface area contributed by atoms with Gasteiger partial charge in [0.15, 0.2) is 0 Å². The van der Waals surface area contributed by atoms with E-state index >= 15 is 0 Å². The Morgan fingerprint density at radius 2 is 2.05 bits per heavy atom. The molecule has 0 aromatic heterocycles. The van der Waals surface area contributed by atoms with Crippen molar-refractivity contribution in [3.8, 4) is 0 Å². The zero-order chi connectivity index (χ0) is 13.7. The van der Waals surface area contributed by atoms with Gasteiger partial charge in [-0.1, -0.05) is 43.0 Å². The first-order valence-corrected chi connectivity index (χ1v) is 7.27. The Kier molecular flexibility index (Phi) is 4.83. The molecule has 4 heteroatoms. The first-order valence-electron chi connectivity index (χ1n) is 6.89. The minimum Gasteiger partial charge on any atom is -0.352 e. The van der Waals surface area contributed by atoms with Crippen LogP contribution in [0.25, 0.3) is 0 Å². The van der Waals surface area contributed by atoms with Gasteiger partial charge in [0.25, 0.3) is 0 Å². The Morgan fingerprint density at radius 1 is 1.32 bits per heavy atom. The molecule has 1 saturated carbocycles. The number of nitrogens with two attached hydrogens (primary N) is 1. The third kappa shape index (κ3) is 3.48. The molecule has 0 bridgehead atoms. The summed E-state index contributed by atoms with van der Waals surface area (Å²) in [6.45, 7) is 0.954. The summed E-state index contributed by atoms with van der Waals surface area (Å²) in [6.07, 6.45) is 5.22. The number of benzene rings is 1. The van der Waals surface area contributed by atoms with Crippen LogP contribution in [0.15, 0.2) is 24.3 Å². The van der Waals surface area contributed by atoms with Gasteiger partial charge in [-0.3, -0.25) is 4.79 Å². The summed E-state index contributed by atoms with van der Waals surface area (Å²) in [4.78, 5) is 12.4. The van der Waals surface area contributed by atoms with Crippen molar-refractivity contribution in [3.63, 3.8) is 0 Å². The molecule has 0 heterocycles. The van der Waals surface area contributed by atoms with Crippen LogP contribution in [0.4, 0.5) is 0 Å². The Labute approximate surface area is 119 Å². The van der Waals surface area contributed by atoms with Gasteiger partial charge in [0.2, 0.25) is 5.91 Å². The molecule has 3 N–H and O–H groups in total. The van der Waals surface area contributed by atoms with Crippen molar-refractivity contribution in [1.82, 2.24) is 5.32 Å². The fourth-order valence-corrected chi connectivity index (χ4v) is 2.98. The average Bonchev–Trinajstić information content (AvgIpc) is 2.45. The monoisotopic (exact) mass is 280 g/mol. The molecule has 1 aromatic carbocycles. The van der Waals surface area contributed by atoms with Crippen molar-refractivity contribution in [1.29, 1.82) is 0 Å². The minimum atomic E-state index is -0.350. The molecule has 0 spiro atoms. The highest BCUT2D eigenvalue weighted by molar-refractivity contribution is 6.30. The summed E-state index contributed by atoms with van der Waals surface area (Å²) in [7, 11) is 0. The second kappa shape index (κ2) is 6.40. The van der Waals surface area contributed by atoms with Gasteiger partial charge < -0.3 is 11.1 Å². The molecule has 1 aliphatic rings. The highest BCUT2D eigenvalue weighted by atomic mass is 35.5. The first kappa shape index (κ1) is 14.4. The topological polar surface area (TPSA) is 55.1 Å². The lowest BCUT2D eigenvalue weighted by Gasteiger charge is -2.34. The molecular weight excluding hydrogens is 260 g/mol. The lowest BCUT2D eigenvalue weighted by atomic mass is 9.73. The Balaban J connectivity index is 1.96. The summed E-state index contributed by atoms with van der Waals surface area (Å²) < 4.78 is 0. The van der Waals surface area contributed by atoms with Gasteiger partial charge in [0.1, 0.15) is 0 Å². The van der Waals surface area contributed by atoms with Gasteiger partial charge in [-0.25, -0.2) is 0 Å². The van der Waals surface area contributed by atoms with E-state index in [9.17, 15) is 4.79 Å². The van der Waals surface area contributed by atoms with Crippen molar-refractivity contribution in [3.05, 3.63) is 34.9 Å². The zero-order valence-corrected chi connectivity index (χ0v) is 11.9. The molecule has 0 saturated heterocycles. The highest BCUT2D eigenvalue weighted by Crippen LogP contribution is 2.35. The fourth-order valence-electron chi connectivity index (χ4n) is 2.77. The quantitative estimate of drug-likeness (QED) is 0.891. The third-order valence-corrected chi connectivity index (χ3v) is 4.26. The summed E-state index contributed by atoms with van der Waals surface area (Å²) in [5.74, 6) is 0.0923. The van der Waals surface area contributed by atoms with Crippen LogP contribution in [0, 0.1) is 5.41 Å². The molecule has 3 nitrogen and oxygen atoms in total. The zero-order valence-electron chi connectivity index (χ0n) is 11.1. The van der Waals surface area contributed by atoms with Crippen molar-refractivity contribution in [2.75, 3.05) is 6.54 Å². The normalized spacial score (nSPS) is 18.0. The number of hydrogen-bond acceptors (Lipinski definition) is 2. The molecular formula is C15H21ClN2O. The maximum atomic E-state index is 12.4. The smallest absolute Gasteiger partial charge is 0.227 e. The van der Waals surface area contributed by atoms with Crippen molar-refractivity contribution in [2.24, 2.45) is 11.1 Å².